The van der Waals surface area contributed by atoms with Gasteiger partial charge in [-0.2, -0.15) is 11.8 Å². The normalized spacial score (nSPS) is 21.2. The summed E-state index contributed by atoms with van der Waals surface area (Å²) in [5.41, 5.74) is 1.78. The topological polar surface area (TPSA) is 58.8 Å². The number of aryl methyl sites for hydroxylation is 1. The van der Waals surface area contributed by atoms with E-state index in [9.17, 15) is 4.79 Å². The maximum Gasteiger partial charge on any atom is 0.260 e. The number of morpholine rings is 1. The molecule has 4 rings (SSSR count). The number of hydrogen-bond acceptors (Lipinski definition) is 6. The van der Waals surface area contributed by atoms with Crippen LogP contribution in [0, 0.1) is 6.92 Å². The number of benzene rings is 1. The minimum atomic E-state index is -0.0144. The van der Waals surface area contributed by atoms with Crippen molar-refractivity contribution in [1.82, 2.24) is 15.0 Å². The summed E-state index contributed by atoms with van der Waals surface area (Å²) in [5, 5.41) is 4.75. The van der Waals surface area contributed by atoms with E-state index in [4.69, 9.17) is 20.9 Å². The van der Waals surface area contributed by atoms with Gasteiger partial charge in [0.05, 0.1) is 24.3 Å². The molecule has 156 valence electrons. The van der Waals surface area contributed by atoms with E-state index in [1.165, 1.54) is 0 Å². The molecule has 2 fully saturated rings. The number of ether oxygens (including phenoxy) is 1. The third-order valence-electron chi connectivity index (χ3n) is 5.48. The summed E-state index contributed by atoms with van der Waals surface area (Å²) >= 11 is 8.31. The Balaban J connectivity index is 1.63. The lowest BCUT2D eigenvalue weighted by molar-refractivity contribution is 0.0245. The summed E-state index contributed by atoms with van der Waals surface area (Å²) in [6.07, 6.45) is 0.988. The number of hydrogen-bond donors (Lipinski definition) is 0. The van der Waals surface area contributed by atoms with Gasteiger partial charge in [-0.05, 0) is 25.2 Å². The van der Waals surface area contributed by atoms with Gasteiger partial charge in [-0.3, -0.25) is 9.69 Å². The molecule has 0 radical (unpaired) electrons. The second kappa shape index (κ2) is 9.51. The minimum absolute atomic E-state index is 0.0144. The zero-order chi connectivity index (χ0) is 20.2. The van der Waals surface area contributed by atoms with Gasteiger partial charge < -0.3 is 14.2 Å². The highest BCUT2D eigenvalue weighted by Crippen LogP contribution is 2.32. The van der Waals surface area contributed by atoms with Crippen LogP contribution in [0.1, 0.15) is 22.5 Å². The highest BCUT2D eigenvalue weighted by molar-refractivity contribution is 7.99. The smallest absolute Gasteiger partial charge is 0.260 e. The van der Waals surface area contributed by atoms with Gasteiger partial charge in [0.15, 0.2) is 0 Å². The van der Waals surface area contributed by atoms with Gasteiger partial charge in [0.1, 0.15) is 17.0 Å². The first-order valence-electron chi connectivity index (χ1n) is 10.0. The third-order valence-corrected chi connectivity index (χ3v) is 7.01. The first-order valence-corrected chi connectivity index (χ1v) is 11.6. The standard InChI is InChI=1S/C21H26ClN3O3S/c1-15-19(20(23-28-15)17-5-2-3-6-18(17)22)21(26)25-7-4-12-29-14-16(25)13-24-8-10-27-11-9-24/h2-3,5-6,16H,4,7-14H2,1H3. The number of amides is 1. The van der Waals surface area contributed by atoms with E-state index < -0.39 is 0 Å². The molecule has 0 bridgehead atoms. The van der Waals surface area contributed by atoms with Crippen molar-refractivity contribution in [3.8, 4) is 11.3 Å². The Morgan fingerprint density at radius 1 is 1.28 bits per heavy atom. The Hall–Kier alpha value is -1.54. The third kappa shape index (κ3) is 4.63. The summed E-state index contributed by atoms with van der Waals surface area (Å²) in [6.45, 7) is 6.76. The van der Waals surface area contributed by atoms with Crippen molar-refractivity contribution in [2.24, 2.45) is 0 Å². The van der Waals surface area contributed by atoms with Crippen LogP contribution in [-0.4, -0.2) is 77.8 Å². The first kappa shape index (κ1) is 20.7. The molecule has 2 aromatic rings. The van der Waals surface area contributed by atoms with E-state index in [1.54, 1.807) is 13.0 Å². The van der Waals surface area contributed by atoms with E-state index in [1.807, 2.05) is 34.9 Å². The van der Waals surface area contributed by atoms with Crippen LogP contribution < -0.4 is 0 Å². The summed E-state index contributed by atoms with van der Waals surface area (Å²) in [4.78, 5) is 18.1. The molecule has 2 saturated heterocycles. The van der Waals surface area contributed by atoms with Crippen LogP contribution in [0.15, 0.2) is 28.8 Å². The summed E-state index contributed by atoms with van der Waals surface area (Å²) in [7, 11) is 0. The molecule has 2 aliphatic heterocycles. The molecule has 1 aromatic carbocycles. The Bertz CT molecular complexity index is 853. The summed E-state index contributed by atoms with van der Waals surface area (Å²) in [5.74, 6) is 2.53. The quantitative estimate of drug-likeness (QED) is 0.731. The molecular formula is C21H26ClN3O3S. The fraction of sp³-hybridized carbons (Fsp3) is 0.524. The molecule has 1 amide bonds. The monoisotopic (exact) mass is 435 g/mol. The zero-order valence-corrected chi connectivity index (χ0v) is 18.2. The van der Waals surface area contributed by atoms with E-state index in [-0.39, 0.29) is 11.9 Å². The van der Waals surface area contributed by atoms with Crippen LogP contribution >= 0.6 is 23.4 Å². The maximum absolute atomic E-state index is 13.7. The van der Waals surface area contributed by atoms with Crippen molar-refractivity contribution >= 4 is 29.3 Å². The van der Waals surface area contributed by atoms with Gasteiger partial charge in [-0.15, -0.1) is 0 Å². The number of nitrogens with zero attached hydrogens (tertiary/aromatic N) is 3. The number of carbonyl (C=O) groups is 1. The number of aromatic nitrogens is 1. The fourth-order valence-electron chi connectivity index (χ4n) is 3.93. The molecule has 1 atom stereocenters. The SMILES string of the molecule is Cc1onc(-c2ccccc2Cl)c1C(=O)N1CCCSCC1CN1CCOCC1. The molecule has 1 unspecified atom stereocenters. The number of thioether (sulfide) groups is 1. The fourth-order valence-corrected chi connectivity index (χ4v) is 5.22. The number of halogens is 1. The summed E-state index contributed by atoms with van der Waals surface area (Å²) < 4.78 is 10.9. The Morgan fingerprint density at radius 2 is 2.07 bits per heavy atom. The zero-order valence-electron chi connectivity index (χ0n) is 16.6. The van der Waals surface area contributed by atoms with Crippen molar-refractivity contribution in [3.63, 3.8) is 0 Å². The van der Waals surface area contributed by atoms with Crippen molar-refractivity contribution in [2.45, 2.75) is 19.4 Å². The molecule has 1 aromatic heterocycles. The largest absolute Gasteiger partial charge is 0.379 e. The highest BCUT2D eigenvalue weighted by Gasteiger charge is 2.33. The Morgan fingerprint density at radius 3 is 2.86 bits per heavy atom. The van der Waals surface area contributed by atoms with Crippen LogP contribution in [0.5, 0.6) is 0 Å². The van der Waals surface area contributed by atoms with E-state index in [2.05, 4.69) is 10.1 Å². The van der Waals surface area contributed by atoms with Gasteiger partial charge in [-0.25, -0.2) is 0 Å². The van der Waals surface area contributed by atoms with Crippen molar-refractivity contribution < 1.29 is 14.1 Å². The van der Waals surface area contributed by atoms with Crippen LogP contribution in [0.3, 0.4) is 0 Å². The van der Waals surface area contributed by atoms with Crippen LogP contribution in [-0.2, 0) is 4.74 Å². The summed E-state index contributed by atoms with van der Waals surface area (Å²) in [6, 6.07) is 7.59. The molecule has 0 spiro atoms. The lowest BCUT2D eigenvalue weighted by Gasteiger charge is -2.35. The second-order valence-corrected chi connectivity index (χ2v) is 8.99. The lowest BCUT2D eigenvalue weighted by Crippen LogP contribution is -2.50. The maximum atomic E-state index is 13.7. The molecular weight excluding hydrogens is 410 g/mol. The molecule has 3 heterocycles. The average Bonchev–Trinajstić information content (AvgIpc) is 2.96. The number of carbonyl (C=O) groups excluding carboxylic acids is 1. The van der Waals surface area contributed by atoms with Crippen LogP contribution in [0.25, 0.3) is 11.3 Å². The highest BCUT2D eigenvalue weighted by atomic mass is 35.5. The van der Waals surface area contributed by atoms with Gasteiger partial charge in [0.25, 0.3) is 5.91 Å². The van der Waals surface area contributed by atoms with E-state index >= 15 is 0 Å². The van der Waals surface area contributed by atoms with Gasteiger partial charge in [-0.1, -0.05) is 35.0 Å². The van der Waals surface area contributed by atoms with Crippen molar-refractivity contribution in [1.29, 1.82) is 0 Å². The predicted molar refractivity (Wildman–Crippen MR) is 116 cm³/mol. The molecule has 0 saturated carbocycles. The average molecular weight is 436 g/mol. The van der Waals surface area contributed by atoms with Crippen molar-refractivity contribution in [2.75, 3.05) is 50.9 Å². The minimum Gasteiger partial charge on any atom is -0.379 e. The first-order chi connectivity index (χ1) is 14.1. The Labute approximate surface area is 180 Å². The van der Waals surface area contributed by atoms with E-state index in [0.717, 1.165) is 62.9 Å². The van der Waals surface area contributed by atoms with Crippen molar-refractivity contribution in [3.05, 3.63) is 40.6 Å². The molecule has 6 nitrogen and oxygen atoms in total. The number of rotatable bonds is 4. The molecule has 8 heteroatoms. The van der Waals surface area contributed by atoms with Gasteiger partial charge in [0.2, 0.25) is 0 Å². The van der Waals surface area contributed by atoms with Crippen LogP contribution in [0.2, 0.25) is 5.02 Å². The molecule has 0 N–H and O–H groups in total. The second-order valence-electron chi connectivity index (χ2n) is 7.44. The molecule has 2 aliphatic rings. The Kier molecular flexibility index (Phi) is 6.80. The van der Waals surface area contributed by atoms with Gasteiger partial charge in [0, 0.05) is 37.5 Å². The predicted octanol–water partition coefficient (Wildman–Crippen LogP) is 3.58. The van der Waals surface area contributed by atoms with Crippen LogP contribution in [0.4, 0.5) is 0 Å². The molecule has 29 heavy (non-hydrogen) atoms. The van der Waals surface area contributed by atoms with Gasteiger partial charge >= 0.3 is 0 Å². The lowest BCUT2D eigenvalue weighted by atomic mass is 10.0. The van der Waals surface area contributed by atoms with E-state index in [0.29, 0.717) is 22.0 Å². The molecule has 0 aliphatic carbocycles.